The van der Waals surface area contributed by atoms with Crippen LogP contribution in [0.4, 0.5) is 10.9 Å². The zero-order valence-corrected chi connectivity index (χ0v) is 12.9. The van der Waals surface area contributed by atoms with Crippen molar-refractivity contribution in [1.29, 1.82) is 0 Å². The number of thiazole rings is 1. The summed E-state index contributed by atoms with van der Waals surface area (Å²) in [7, 11) is 0. The molecule has 3 heterocycles. The van der Waals surface area contributed by atoms with Crippen LogP contribution in [0, 0.1) is 6.92 Å². The summed E-state index contributed by atoms with van der Waals surface area (Å²) in [5.74, 6) is 0.768. The third-order valence-electron chi connectivity index (χ3n) is 3.55. The van der Waals surface area contributed by atoms with Crippen LogP contribution in [0.2, 0.25) is 0 Å². The van der Waals surface area contributed by atoms with E-state index in [0.717, 1.165) is 35.1 Å². The number of amides is 1. The van der Waals surface area contributed by atoms with Crippen LogP contribution in [0.1, 0.15) is 36.4 Å². The van der Waals surface area contributed by atoms with Crippen molar-refractivity contribution >= 4 is 28.2 Å². The highest BCUT2D eigenvalue weighted by molar-refractivity contribution is 7.15. The molecule has 3 rings (SSSR count). The number of nitrogens with zero attached hydrogens (tertiary/aromatic N) is 4. The molecule has 0 saturated carbocycles. The highest BCUT2D eigenvalue weighted by Crippen LogP contribution is 2.34. The summed E-state index contributed by atoms with van der Waals surface area (Å²) in [5.41, 5.74) is 0.818. The van der Waals surface area contributed by atoms with Gasteiger partial charge in [0.05, 0.1) is 6.04 Å². The van der Waals surface area contributed by atoms with Gasteiger partial charge in [-0.1, -0.05) is 0 Å². The molecule has 7 heteroatoms. The number of aryl methyl sites for hydroxylation is 1. The summed E-state index contributed by atoms with van der Waals surface area (Å²) in [6, 6.07) is -0.000223. The van der Waals surface area contributed by atoms with E-state index in [1.165, 1.54) is 0 Å². The maximum atomic E-state index is 11.7. The first-order valence-corrected chi connectivity index (χ1v) is 7.74. The second kappa shape index (κ2) is 5.77. The minimum atomic E-state index is -0.000223. The summed E-state index contributed by atoms with van der Waals surface area (Å²) in [6.45, 7) is 4.40. The number of rotatable bonds is 3. The summed E-state index contributed by atoms with van der Waals surface area (Å²) >= 11 is 1.57. The lowest BCUT2D eigenvalue weighted by molar-refractivity contribution is -0.129. The Kier molecular flexibility index (Phi) is 3.83. The molecule has 6 nitrogen and oxygen atoms in total. The molecule has 0 aliphatic carbocycles. The van der Waals surface area contributed by atoms with Gasteiger partial charge in [-0.2, -0.15) is 0 Å². The van der Waals surface area contributed by atoms with E-state index in [2.05, 4.69) is 20.3 Å². The number of anilines is 2. The normalized spacial score (nSPS) is 18.0. The molecule has 0 radical (unpaired) electrons. The largest absolute Gasteiger partial charge is 0.334 e. The number of hydrogen-bond acceptors (Lipinski definition) is 6. The van der Waals surface area contributed by atoms with E-state index >= 15 is 0 Å². The van der Waals surface area contributed by atoms with Crippen molar-refractivity contribution in [3.63, 3.8) is 0 Å². The number of carbonyl (C=O) groups excluding carboxylic acids is 1. The third-order valence-corrected chi connectivity index (χ3v) is 4.37. The van der Waals surface area contributed by atoms with Gasteiger partial charge >= 0.3 is 0 Å². The summed E-state index contributed by atoms with van der Waals surface area (Å²) in [5, 5.41) is 4.02. The van der Waals surface area contributed by atoms with Gasteiger partial charge in [-0.25, -0.2) is 9.97 Å². The van der Waals surface area contributed by atoms with Gasteiger partial charge in [-0.15, -0.1) is 11.3 Å². The molecule has 2 aromatic rings. The zero-order chi connectivity index (χ0) is 14.8. The predicted octanol–water partition coefficient (Wildman–Crippen LogP) is 2.67. The average Bonchev–Trinajstić information content (AvgIpc) is 3.08. The molecule has 110 valence electrons. The third kappa shape index (κ3) is 2.87. The van der Waals surface area contributed by atoms with Gasteiger partial charge < -0.3 is 10.2 Å². The van der Waals surface area contributed by atoms with Gasteiger partial charge in [0.25, 0.3) is 0 Å². The van der Waals surface area contributed by atoms with Gasteiger partial charge in [-0.05, 0) is 19.8 Å². The number of aromatic nitrogens is 3. The van der Waals surface area contributed by atoms with E-state index in [4.69, 9.17) is 0 Å². The van der Waals surface area contributed by atoms with Crippen molar-refractivity contribution in [2.45, 2.75) is 32.7 Å². The first kappa shape index (κ1) is 13.9. The molecule has 21 heavy (non-hydrogen) atoms. The van der Waals surface area contributed by atoms with Crippen molar-refractivity contribution in [2.24, 2.45) is 0 Å². The number of hydrogen-bond donors (Lipinski definition) is 1. The maximum Gasteiger partial charge on any atom is 0.220 e. The Morgan fingerprint density at radius 2 is 2.19 bits per heavy atom. The van der Waals surface area contributed by atoms with Crippen LogP contribution in [-0.4, -0.2) is 32.3 Å². The van der Waals surface area contributed by atoms with Crippen molar-refractivity contribution in [2.75, 3.05) is 11.9 Å². The highest BCUT2D eigenvalue weighted by Gasteiger charge is 2.31. The predicted molar refractivity (Wildman–Crippen MR) is 81.5 cm³/mol. The van der Waals surface area contributed by atoms with E-state index in [9.17, 15) is 4.79 Å². The molecule has 0 spiro atoms. The number of likely N-dealkylation sites (tertiary alicyclic amines) is 1. The maximum absolute atomic E-state index is 11.7. The molecule has 2 aromatic heterocycles. The zero-order valence-electron chi connectivity index (χ0n) is 12.0. The fourth-order valence-corrected chi connectivity index (χ4v) is 3.29. The van der Waals surface area contributed by atoms with Crippen molar-refractivity contribution < 1.29 is 4.79 Å². The smallest absolute Gasteiger partial charge is 0.220 e. The Labute approximate surface area is 127 Å². The summed E-state index contributed by atoms with van der Waals surface area (Å²) in [6.07, 6.45) is 7.06. The monoisotopic (exact) mass is 303 g/mol. The van der Waals surface area contributed by atoms with E-state index in [0.29, 0.717) is 5.82 Å². The van der Waals surface area contributed by atoms with E-state index < -0.39 is 0 Å². The van der Waals surface area contributed by atoms with Gasteiger partial charge in [0.1, 0.15) is 5.69 Å². The van der Waals surface area contributed by atoms with Crippen molar-refractivity contribution in [3.05, 3.63) is 29.2 Å². The fraction of sp³-hybridized carbons (Fsp3) is 0.429. The molecule has 1 aliphatic heterocycles. The minimum absolute atomic E-state index is 0.000223. The van der Waals surface area contributed by atoms with Crippen LogP contribution < -0.4 is 5.32 Å². The van der Waals surface area contributed by atoms with E-state index in [-0.39, 0.29) is 11.9 Å². The molecule has 1 N–H and O–H groups in total. The topological polar surface area (TPSA) is 71.0 Å². The molecule has 1 fully saturated rings. The van der Waals surface area contributed by atoms with Crippen LogP contribution in [-0.2, 0) is 4.79 Å². The molecule has 1 aliphatic rings. The minimum Gasteiger partial charge on any atom is -0.334 e. The van der Waals surface area contributed by atoms with E-state index in [1.807, 2.05) is 18.0 Å². The molecular formula is C14H17N5OS. The number of carbonyl (C=O) groups is 1. The second-order valence-corrected chi connectivity index (χ2v) is 6.30. The van der Waals surface area contributed by atoms with Crippen LogP contribution in [0.15, 0.2) is 18.6 Å². The van der Waals surface area contributed by atoms with Crippen LogP contribution in [0.5, 0.6) is 0 Å². The lowest BCUT2D eigenvalue weighted by atomic mass is 10.1. The first-order chi connectivity index (χ1) is 10.1. The van der Waals surface area contributed by atoms with E-state index in [1.54, 1.807) is 30.7 Å². The lowest BCUT2D eigenvalue weighted by Crippen LogP contribution is -2.29. The van der Waals surface area contributed by atoms with Gasteiger partial charge in [0.2, 0.25) is 5.91 Å². The Morgan fingerprint density at radius 3 is 2.90 bits per heavy atom. The quantitative estimate of drug-likeness (QED) is 0.944. The number of nitrogens with one attached hydrogen (secondary N) is 1. The molecule has 1 unspecified atom stereocenters. The Morgan fingerprint density at radius 1 is 1.38 bits per heavy atom. The van der Waals surface area contributed by atoms with Crippen molar-refractivity contribution in [1.82, 2.24) is 19.9 Å². The Hall–Kier alpha value is -2.02. The second-order valence-electron chi connectivity index (χ2n) is 5.06. The fourth-order valence-electron chi connectivity index (χ4n) is 2.63. The highest BCUT2D eigenvalue weighted by atomic mass is 32.1. The molecule has 1 amide bonds. The Bertz CT molecular complexity index is 656. The molecule has 1 saturated heterocycles. The van der Waals surface area contributed by atoms with Gasteiger partial charge in [0, 0.05) is 36.9 Å². The van der Waals surface area contributed by atoms with Crippen molar-refractivity contribution in [3.8, 4) is 0 Å². The molecule has 0 bridgehead atoms. The van der Waals surface area contributed by atoms with Crippen LogP contribution in [0.25, 0.3) is 0 Å². The lowest BCUT2D eigenvalue weighted by Gasteiger charge is -2.24. The summed E-state index contributed by atoms with van der Waals surface area (Å²) in [4.78, 5) is 27.9. The summed E-state index contributed by atoms with van der Waals surface area (Å²) < 4.78 is 0. The molecule has 1 atom stereocenters. The molecular weight excluding hydrogens is 286 g/mol. The molecule has 0 aromatic carbocycles. The SMILES string of the molecule is CC(=O)N1CCCC1c1nccnc1Nc1ncc(C)s1. The van der Waals surface area contributed by atoms with Gasteiger partial charge in [-0.3, -0.25) is 9.78 Å². The standard InChI is InChI=1S/C14H17N5OS/c1-9-8-17-14(21-9)18-13-12(15-5-6-16-13)11-4-3-7-19(11)10(2)20/h5-6,8,11H,3-4,7H2,1-2H3,(H,16,17,18). The average molecular weight is 303 g/mol. The van der Waals surface area contributed by atoms with Crippen LogP contribution >= 0.6 is 11.3 Å². The Balaban J connectivity index is 1.90. The van der Waals surface area contributed by atoms with Crippen LogP contribution in [0.3, 0.4) is 0 Å². The van der Waals surface area contributed by atoms with Gasteiger partial charge in [0.15, 0.2) is 10.9 Å². The first-order valence-electron chi connectivity index (χ1n) is 6.92.